The summed E-state index contributed by atoms with van der Waals surface area (Å²) >= 11 is 3.38. The molecule has 0 aromatic carbocycles. The zero-order valence-corrected chi connectivity index (χ0v) is 13.3. The van der Waals surface area contributed by atoms with E-state index < -0.39 is 10.0 Å². The molecule has 0 aliphatic heterocycles. The van der Waals surface area contributed by atoms with Gasteiger partial charge in [-0.25, -0.2) is 13.1 Å². The molecule has 98 valence electrons. The number of hydrogen-bond acceptors (Lipinski definition) is 2. The molecule has 0 amide bonds. The first kappa shape index (κ1) is 16.4. The van der Waals surface area contributed by atoms with Gasteiger partial charge in [-0.3, -0.25) is 0 Å². The molecule has 0 unspecified atom stereocenters. The van der Waals surface area contributed by atoms with Crippen LogP contribution in [0.2, 0.25) is 0 Å². The Morgan fingerprint density at radius 1 is 1.12 bits per heavy atom. The molecule has 0 saturated carbocycles. The third kappa shape index (κ3) is 8.53. The fourth-order valence-electron chi connectivity index (χ4n) is 1.27. The second-order valence-corrected chi connectivity index (χ2v) is 8.84. The van der Waals surface area contributed by atoms with Crippen molar-refractivity contribution in [3.05, 3.63) is 0 Å². The molecule has 5 heteroatoms. The maximum absolute atomic E-state index is 11.8. The SMILES string of the molecule is CC(C)(C)CS(=O)(=O)NCC(C)(C)CCBr. The average molecular weight is 314 g/mol. The molecule has 0 heterocycles. The Morgan fingerprint density at radius 3 is 2.00 bits per heavy atom. The van der Waals surface area contributed by atoms with Gasteiger partial charge in [-0.05, 0) is 17.3 Å². The molecule has 0 fully saturated rings. The highest BCUT2D eigenvalue weighted by molar-refractivity contribution is 9.09. The largest absolute Gasteiger partial charge is 0.215 e. The summed E-state index contributed by atoms with van der Waals surface area (Å²) in [5.74, 6) is 0.171. The molecule has 3 nitrogen and oxygen atoms in total. The lowest BCUT2D eigenvalue weighted by Crippen LogP contribution is -2.38. The van der Waals surface area contributed by atoms with Crippen molar-refractivity contribution in [3.63, 3.8) is 0 Å². The van der Waals surface area contributed by atoms with Gasteiger partial charge in [0.15, 0.2) is 0 Å². The number of rotatable bonds is 6. The Hall–Kier alpha value is 0.390. The van der Waals surface area contributed by atoms with Crippen LogP contribution in [0, 0.1) is 10.8 Å². The smallest absolute Gasteiger partial charge is 0.212 e. The van der Waals surface area contributed by atoms with E-state index in [0.717, 1.165) is 11.8 Å². The molecule has 0 aliphatic rings. The van der Waals surface area contributed by atoms with Crippen LogP contribution in [0.4, 0.5) is 0 Å². The van der Waals surface area contributed by atoms with Crippen molar-refractivity contribution in [3.8, 4) is 0 Å². The van der Waals surface area contributed by atoms with Gasteiger partial charge in [-0.15, -0.1) is 0 Å². The monoisotopic (exact) mass is 313 g/mol. The summed E-state index contributed by atoms with van der Waals surface area (Å²) < 4.78 is 26.2. The first-order valence-electron chi connectivity index (χ1n) is 5.51. The van der Waals surface area contributed by atoms with Crippen LogP contribution in [0.15, 0.2) is 0 Å². The first-order chi connectivity index (χ1) is 6.97. The van der Waals surface area contributed by atoms with Crippen molar-refractivity contribution in [2.24, 2.45) is 10.8 Å². The van der Waals surface area contributed by atoms with Gasteiger partial charge in [-0.1, -0.05) is 50.5 Å². The lowest BCUT2D eigenvalue weighted by atomic mass is 9.91. The van der Waals surface area contributed by atoms with Gasteiger partial charge in [0.2, 0.25) is 10.0 Å². The van der Waals surface area contributed by atoms with Crippen molar-refractivity contribution in [2.45, 2.75) is 41.0 Å². The maximum Gasteiger partial charge on any atom is 0.212 e. The van der Waals surface area contributed by atoms with Crippen LogP contribution in [0.25, 0.3) is 0 Å². The van der Waals surface area contributed by atoms with Crippen LogP contribution in [-0.4, -0.2) is 26.0 Å². The van der Waals surface area contributed by atoms with E-state index in [1.54, 1.807) is 0 Å². The quantitative estimate of drug-likeness (QED) is 0.766. The molecule has 0 saturated heterocycles. The molecule has 0 aromatic heterocycles. The molecule has 0 aromatic rings. The normalized spacial score (nSPS) is 14.1. The topological polar surface area (TPSA) is 46.2 Å². The highest BCUT2D eigenvalue weighted by Crippen LogP contribution is 2.21. The molecule has 0 atom stereocenters. The van der Waals surface area contributed by atoms with Crippen LogP contribution in [0.3, 0.4) is 0 Å². The number of sulfonamides is 1. The minimum absolute atomic E-state index is 0.00550. The zero-order chi connectivity index (χ0) is 13.0. The number of hydrogen-bond donors (Lipinski definition) is 1. The predicted molar refractivity (Wildman–Crippen MR) is 73.4 cm³/mol. The van der Waals surface area contributed by atoms with Gasteiger partial charge in [0.25, 0.3) is 0 Å². The van der Waals surface area contributed by atoms with Crippen LogP contribution in [0.1, 0.15) is 41.0 Å². The highest BCUT2D eigenvalue weighted by Gasteiger charge is 2.24. The van der Waals surface area contributed by atoms with E-state index in [-0.39, 0.29) is 16.6 Å². The molecule has 0 bridgehead atoms. The van der Waals surface area contributed by atoms with E-state index in [0.29, 0.717) is 6.54 Å². The summed E-state index contributed by atoms with van der Waals surface area (Å²) in [5.41, 5.74) is -0.208. The van der Waals surface area contributed by atoms with Crippen LogP contribution in [0.5, 0.6) is 0 Å². The number of alkyl halides is 1. The maximum atomic E-state index is 11.8. The molecule has 0 rings (SSSR count). The number of nitrogens with one attached hydrogen (secondary N) is 1. The van der Waals surface area contributed by atoms with Gasteiger partial charge < -0.3 is 0 Å². The molecular weight excluding hydrogens is 290 g/mol. The van der Waals surface area contributed by atoms with Crippen LogP contribution >= 0.6 is 15.9 Å². The van der Waals surface area contributed by atoms with E-state index >= 15 is 0 Å². The Balaban J connectivity index is 4.30. The van der Waals surface area contributed by atoms with Crippen LogP contribution < -0.4 is 4.72 Å². The van der Waals surface area contributed by atoms with Crippen molar-refractivity contribution >= 4 is 26.0 Å². The summed E-state index contributed by atoms with van der Waals surface area (Å²) in [4.78, 5) is 0. The summed E-state index contributed by atoms with van der Waals surface area (Å²) in [7, 11) is -3.16. The van der Waals surface area contributed by atoms with E-state index in [1.165, 1.54) is 0 Å². The molecule has 1 N–H and O–H groups in total. The predicted octanol–water partition coefficient (Wildman–Crippen LogP) is 2.76. The van der Waals surface area contributed by atoms with Gasteiger partial charge >= 0.3 is 0 Å². The van der Waals surface area contributed by atoms with Crippen molar-refractivity contribution in [2.75, 3.05) is 17.6 Å². The third-order valence-corrected chi connectivity index (χ3v) is 4.39. The van der Waals surface area contributed by atoms with E-state index in [4.69, 9.17) is 0 Å². The van der Waals surface area contributed by atoms with Gasteiger partial charge in [0.05, 0.1) is 5.75 Å². The standard InChI is InChI=1S/C11H24BrNO2S/c1-10(2,3)9-16(14,15)13-8-11(4,5)6-7-12/h13H,6-9H2,1-5H3. The lowest BCUT2D eigenvalue weighted by Gasteiger charge is -2.25. The zero-order valence-electron chi connectivity index (χ0n) is 10.9. The minimum atomic E-state index is -3.16. The molecular formula is C11H24BrNO2S. The van der Waals surface area contributed by atoms with Gasteiger partial charge in [0.1, 0.15) is 0 Å². The van der Waals surface area contributed by atoms with E-state index in [1.807, 2.05) is 20.8 Å². The molecule has 16 heavy (non-hydrogen) atoms. The van der Waals surface area contributed by atoms with Gasteiger partial charge in [-0.2, -0.15) is 0 Å². The minimum Gasteiger partial charge on any atom is -0.215 e. The highest BCUT2D eigenvalue weighted by atomic mass is 79.9. The Morgan fingerprint density at radius 2 is 1.62 bits per heavy atom. The fourth-order valence-corrected chi connectivity index (χ4v) is 4.20. The van der Waals surface area contributed by atoms with E-state index in [9.17, 15) is 8.42 Å². The summed E-state index contributed by atoms with van der Waals surface area (Å²) in [6.07, 6.45) is 0.949. The summed E-state index contributed by atoms with van der Waals surface area (Å²) in [5, 5.41) is 0.890. The van der Waals surface area contributed by atoms with E-state index in [2.05, 4.69) is 34.5 Å². The molecule has 0 spiro atoms. The molecule has 0 radical (unpaired) electrons. The second-order valence-electron chi connectivity index (χ2n) is 6.24. The summed E-state index contributed by atoms with van der Waals surface area (Å²) in [6.45, 7) is 10.4. The Kier molecular flexibility index (Phi) is 5.97. The lowest BCUT2D eigenvalue weighted by molar-refractivity contribution is 0.352. The number of halogens is 1. The van der Waals surface area contributed by atoms with Gasteiger partial charge in [0, 0.05) is 11.9 Å². The van der Waals surface area contributed by atoms with Crippen molar-refractivity contribution in [1.29, 1.82) is 0 Å². The summed E-state index contributed by atoms with van der Waals surface area (Å²) in [6, 6.07) is 0. The van der Waals surface area contributed by atoms with Crippen molar-refractivity contribution < 1.29 is 8.42 Å². The second kappa shape index (κ2) is 5.83. The first-order valence-corrected chi connectivity index (χ1v) is 8.28. The molecule has 0 aliphatic carbocycles. The Bertz CT molecular complexity index is 304. The fraction of sp³-hybridized carbons (Fsp3) is 1.00. The Labute approximate surface area is 109 Å². The van der Waals surface area contributed by atoms with Crippen LogP contribution in [-0.2, 0) is 10.0 Å². The average Bonchev–Trinajstić information content (AvgIpc) is 1.97. The van der Waals surface area contributed by atoms with Crippen molar-refractivity contribution in [1.82, 2.24) is 4.72 Å². The third-order valence-electron chi connectivity index (χ3n) is 2.16.